The number of aliphatic hydroxyl groups excluding tert-OH is 5. The van der Waals surface area contributed by atoms with Gasteiger partial charge < -0.3 is 87.1 Å². The number of benzene rings is 1. The number of nitrogens with zero attached hydrogens (tertiary/aromatic N) is 1. The van der Waals surface area contributed by atoms with Crippen molar-refractivity contribution in [1.29, 1.82) is 0 Å². The van der Waals surface area contributed by atoms with Crippen molar-refractivity contribution in [2.24, 2.45) is 0 Å². The van der Waals surface area contributed by atoms with Crippen LogP contribution in [0.4, 0.5) is 5.69 Å². The van der Waals surface area contributed by atoms with Crippen molar-refractivity contribution in [3.8, 4) is 0 Å². The lowest BCUT2D eigenvalue weighted by atomic mass is 9.89. The van der Waals surface area contributed by atoms with Crippen LogP contribution in [0.1, 0.15) is 72.7 Å². The molecule has 6 saturated heterocycles. The Kier molecular flexibility index (Phi) is 16.9. The van der Waals surface area contributed by atoms with Crippen molar-refractivity contribution >= 4 is 11.7 Å². The van der Waals surface area contributed by atoms with Crippen molar-refractivity contribution in [3.63, 3.8) is 0 Å². The molecule has 372 valence electrons. The minimum absolute atomic E-state index is 0.0834. The fraction of sp³-hybridized carbons (Fsp3) is 0.837. The Morgan fingerprint density at radius 2 is 0.938 bits per heavy atom. The average molecular weight is 936 g/mol. The topological polar surface area (TPSA) is 281 Å². The van der Waals surface area contributed by atoms with Gasteiger partial charge in [0.25, 0.3) is 5.69 Å². The SMILES string of the molecule is CO[C@@]1(C)O[C@H]2[C@H](O[C@]1(C)CO)[C@H](C)OC[C@@H]2O.CO[C@@]1(C)O[C@H]2[C@H](O[C@]1(C)CO)[C@H](C)OC[C@@H]2OC(=O)c1ccc([N+](=O)[O-])cc1.CO[C@@]1(C)O[C@H]2[C@H](O[C@]1(C)CO)[C@H](C)OC[C@H]2O. The van der Waals surface area contributed by atoms with Gasteiger partial charge in [-0.2, -0.15) is 0 Å². The van der Waals surface area contributed by atoms with E-state index in [9.17, 15) is 40.4 Å². The zero-order valence-corrected chi connectivity index (χ0v) is 39.2. The summed E-state index contributed by atoms with van der Waals surface area (Å²) in [6.07, 6.45) is -6.24. The van der Waals surface area contributed by atoms with Gasteiger partial charge in [-0.3, -0.25) is 10.1 Å². The van der Waals surface area contributed by atoms with Gasteiger partial charge in [-0.05, 0) is 74.4 Å². The number of hydrogen-bond acceptors (Lipinski definition) is 21. The molecular weight excluding hydrogens is 866 g/mol. The molecule has 22 heteroatoms. The monoisotopic (exact) mass is 935 g/mol. The Labute approximate surface area is 378 Å². The molecule has 22 nitrogen and oxygen atoms in total. The highest BCUT2D eigenvalue weighted by atomic mass is 16.8. The molecule has 0 spiro atoms. The van der Waals surface area contributed by atoms with Crippen LogP contribution in [0.2, 0.25) is 0 Å². The van der Waals surface area contributed by atoms with Crippen molar-refractivity contribution in [2.45, 2.75) is 170 Å². The molecule has 65 heavy (non-hydrogen) atoms. The third-order valence-corrected chi connectivity index (χ3v) is 13.9. The van der Waals surface area contributed by atoms with E-state index in [0.717, 1.165) is 0 Å². The van der Waals surface area contributed by atoms with E-state index in [4.69, 9.17) is 61.6 Å². The Morgan fingerprint density at radius 3 is 1.28 bits per heavy atom. The lowest BCUT2D eigenvalue weighted by Gasteiger charge is -2.56. The van der Waals surface area contributed by atoms with Crippen molar-refractivity contribution < 1.29 is 96.8 Å². The van der Waals surface area contributed by atoms with Gasteiger partial charge in [0.2, 0.25) is 0 Å². The van der Waals surface area contributed by atoms with E-state index >= 15 is 0 Å². The minimum Gasteiger partial charge on any atom is -0.453 e. The predicted molar refractivity (Wildman–Crippen MR) is 223 cm³/mol. The molecule has 6 heterocycles. The Morgan fingerprint density at radius 1 is 0.600 bits per heavy atom. The number of hydrogen-bond donors (Lipinski definition) is 5. The van der Waals surface area contributed by atoms with E-state index in [2.05, 4.69) is 0 Å². The third kappa shape index (κ3) is 10.3. The predicted octanol–water partition coefficient (Wildman–Crippen LogP) is 0.764. The van der Waals surface area contributed by atoms with Gasteiger partial charge in [-0.15, -0.1) is 0 Å². The van der Waals surface area contributed by atoms with E-state index in [-0.39, 0.29) is 69.2 Å². The number of nitro benzene ring substituents is 1. The number of nitro groups is 1. The molecule has 6 fully saturated rings. The number of rotatable bonds is 9. The number of ether oxygens (including phenoxy) is 13. The second-order valence-electron chi connectivity index (χ2n) is 18.1. The minimum atomic E-state index is -1.28. The van der Waals surface area contributed by atoms with E-state index in [1.807, 2.05) is 20.8 Å². The fourth-order valence-corrected chi connectivity index (χ4v) is 8.43. The molecule has 0 saturated carbocycles. The van der Waals surface area contributed by atoms with E-state index in [0.29, 0.717) is 0 Å². The normalized spacial score (nSPS) is 45.8. The van der Waals surface area contributed by atoms with Crippen molar-refractivity contribution in [1.82, 2.24) is 0 Å². The fourth-order valence-electron chi connectivity index (χ4n) is 8.43. The molecular formula is C43H69NO21. The van der Waals surface area contributed by atoms with E-state index in [1.165, 1.54) is 45.6 Å². The second-order valence-corrected chi connectivity index (χ2v) is 18.1. The highest BCUT2D eigenvalue weighted by Gasteiger charge is 2.62. The summed E-state index contributed by atoms with van der Waals surface area (Å²) < 4.78 is 74.2. The molecule has 7 rings (SSSR count). The van der Waals surface area contributed by atoms with Crippen molar-refractivity contribution in [3.05, 3.63) is 39.9 Å². The first kappa shape index (κ1) is 53.4. The van der Waals surface area contributed by atoms with Gasteiger partial charge in [0.1, 0.15) is 65.6 Å². The lowest BCUT2D eigenvalue weighted by Crippen LogP contribution is -2.71. The van der Waals surface area contributed by atoms with Gasteiger partial charge in [-0.25, -0.2) is 4.79 Å². The van der Waals surface area contributed by atoms with Gasteiger partial charge in [0.15, 0.2) is 23.5 Å². The first-order valence-corrected chi connectivity index (χ1v) is 21.6. The van der Waals surface area contributed by atoms with Crippen LogP contribution >= 0.6 is 0 Å². The molecule has 0 radical (unpaired) electrons. The average Bonchev–Trinajstić information content (AvgIpc) is 3.29. The van der Waals surface area contributed by atoms with E-state index in [1.54, 1.807) is 41.5 Å². The molecule has 1 aromatic carbocycles. The molecule has 0 aromatic heterocycles. The molecule has 0 unspecified atom stereocenters. The molecule has 6 aliphatic heterocycles. The molecule has 6 aliphatic rings. The maximum Gasteiger partial charge on any atom is 0.338 e. The first-order valence-electron chi connectivity index (χ1n) is 21.6. The number of methoxy groups -OCH3 is 3. The smallest absolute Gasteiger partial charge is 0.338 e. The highest BCUT2D eigenvalue weighted by molar-refractivity contribution is 5.89. The van der Waals surface area contributed by atoms with Crippen LogP contribution in [0.5, 0.6) is 0 Å². The standard InChI is InChI=1S/C19H25NO9.2C12H22O6/c1-11-15-16(29-19(3,25-4)18(2,10-21)28-15)14(9-26-11)27-17(22)12-5-7-13(8-6-12)20(23)24;2*1-7-9-10(8(14)5-16-7)18-12(3,15-4)11(2,6-13)17-9/h5-8,11,14-16,21H,9-10H2,1-4H3;2*7-10,13-14H,5-6H2,1-4H3/t11-,14-,15+,16+,18+,19-;7-,8+,9+,10+,11+,12-;7-,8-,9+,10+,11+,12-/m000/s1. The van der Waals surface area contributed by atoms with Crippen LogP contribution < -0.4 is 0 Å². The summed E-state index contributed by atoms with van der Waals surface area (Å²) in [4.78, 5) is 22.8. The summed E-state index contributed by atoms with van der Waals surface area (Å²) in [6.45, 7) is 15.4. The van der Waals surface area contributed by atoms with Crippen molar-refractivity contribution in [2.75, 3.05) is 61.0 Å². The maximum absolute atomic E-state index is 12.5. The molecule has 1 aromatic rings. The van der Waals surface area contributed by atoms with Gasteiger partial charge >= 0.3 is 5.97 Å². The summed E-state index contributed by atoms with van der Waals surface area (Å²) >= 11 is 0. The van der Waals surface area contributed by atoms with Crippen LogP contribution in [0, 0.1) is 10.1 Å². The summed E-state index contributed by atoms with van der Waals surface area (Å²) in [7, 11) is 4.43. The largest absolute Gasteiger partial charge is 0.453 e. The quantitative estimate of drug-likeness (QED) is 0.130. The number of carbonyl (C=O) groups excluding carboxylic acids is 1. The molecule has 5 N–H and O–H groups in total. The maximum atomic E-state index is 12.5. The Hall–Kier alpha value is -2.59. The zero-order valence-electron chi connectivity index (χ0n) is 39.2. The van der Waals surface area contributed by atoms with Crippen LogP contribution in [-0.2, 0) is 61.6 Å². The van der Waals surface area contributed by atoms with Crippen LogP contribution in [-0.4, -0.2) is 205 Å². The third-order valence-electron chi connectivity index (χ3n) is 13.9. The Bertz CT molecular complexity index is 1640. The van der Waals surface area contributed by atoms with E-state index < -0.39 is 100.0 Å². The highest BCUT2D eigenvalue weighted by Crippen LogP contribution is 2.45. The lowest BCUT2D eigenvalue weighted by molar-refractivity contribution is -0.418. The summed E-state index contributed by atoms with van der Waals surface area (Å²) in [5, 5.41) is 59.7. The second kappa shape index (κ2) is 20.6. The molecule has 18 atom stereocenters. The molecule has 0 amide bonds. The number of carbonyl (C=O) groups is 1. The number of esters is 1. The summed E-state index contributed by atoms with van der Waals surface area (Å²) in [5.74, 6) is -4.17. The first-order chi connectivity index (χ1) is 30.4. The van der Waals surface area contributed by atoms with Crippen LogP contribution in [0.25, 0.3) is 0 Å². The summed E-state index contributed by atoms with van der Waals surface area (Å²) in [6, 6.07) is 5.11. The number of fused-ring (bicyclic) bond motifs is 3. The Balaban J connectivity index is 0.000000192. The van der Waals surface area contributed by atoms with Gasteiger partial charge in [0.05, 0.1) is 68.4 Å². The van der Waals surface area contributed by atoms with Crippen LogP contribution in [0.15, 0.2) is 24.3 Å². The van der Waals surface area contributed by atoms with Gasteiger partial charge in [-0.1, -0.05) is 0 Å². The summed E-state index contributed by atoms with van der Waals surface area (Å²) in [5.41, 5.74) is -3.11. The number of non-ortho nitro benzene ring substituents is 1. The number of aliphatic hydroxyl groups is 5. The van der Waals surface area contributed by atoms with Gasteiger partial charge in [0, 0.05) is 33.5 Å². The zero-order chi connectivity index (χ0) is 48.5. The molecule has 0 aliphatic carbocycles. The van der Waals surface area contributed by atoms with Crippen LogP contribution in [0.3, 0.4) is 0 Å². The molecule has 0 bridgehead atoms.